The zero-order valence-corrected chi connectivity index (χ0v) is 8.98. The first-order chi connectivity index (χ1) is 6.90. The fraction of sp³-hybridized carbons (Fsp3) is 0.889. The first kappa shape index (κ1) is 6.19. The Labute approximate surface area is 81.6 Å². The predicted octanol–water partition coefficient (Wildman–Crippen LogP) is 2.97. The quantitative estimate of drug-likeness (QED) is 0.657. The van der Waals surface area contributed by atoms with Crippen LogP contribution in [0, 0.1) is 0 Å². The molecular weight excluding hydrogens is 168 g/mol. The van der Waals surface area contributed by atoms with Gasteiger partial charge in [-0.2, -0.15) is 0 Å². The molecule has 0 aromatic heterocycles. The van der Waals surface area contributed by atoms with Crippen molar-refractivity contribution in [2.75, 3.05) is 0 Å². The van der Waals surface area contributed by atoms with E-state index in [-0.39, 0.29) is 6.42 Å². The minimum atomic E-state index is -2.81. The first-order valence-corrected chi connectivity index (χ1v) is 7.84. The molecule has 2 nitrogen and oxygen atoms in total. The van der Waals surface area contributed by atoms with Gasteiger partial charge in [0.25, 0.3) is 0 Å². The van der Waals surface area contributed by atoms with E-state index >= 15 is 0 Å². The van der Waals surface area contributed by atoms with Gasteiger partial charge in [-0.1, -0.05) is 38.5 Å². The Bertz CT molecular complexity index is 261. The summed E-state index contributed by atoms with van der Waals surface area (Å²) in [6.07, 6.45) is -4.63. The van der Waals surface area contributed by atoms with E-state index in [1.165, 1.54) is 0 Å². The number of aliphatic carboxylic acids is 1. The van der Waals surface area contributed by atoms with Crippen LogP contribution in [0.3, 0.4) is 0 Å². The predicted molar refractivity (Wildman–Crippen MR) is 54.3 cm³/mol. The Kier molecular flexibility index (Phi) is 2.76. The van der Waals surface area contributed by atoms with Gasteiger partial charge in [0.15, 0.2) is 0 Å². The maximum absolute atomic E-state index is 10.6. The average molecular weight is 192 g/mol. The van der Waals surface area contributed by atoms with Gasteiger partial charge in [0.05, 0.1) is 0 Å². The van der Waals surface area contributed by atoms with Gasteiger partial charge in [-0.05, 0) is 6.37 Å². The summed E-state index contributed by atoms with van der Waals surface area (Å²) < 4.78 is 29.4. The topological polar surface area (TPSA) is 37.3 Å². The molecule has 0 atom stereocenters. The summed E-state index contributed by atoms with van der Waals surface area (Å²) in [5.74, 6) is -1.73. The summed E-state index contributed by atoms with van der Waals surface area (Å²) in [5.41, 5.74) is 0. The fourth-order valence-corrected chi connectivity index (χ4v) is 2.08. The summed E-state index contributed by atoms with van der Waals surface area (Å²) in [5, 5.41) is 8.63. The molecule has 0 saturated carbocycles. The SMILES string of the molecule is [2H]C([2H])(CCC[Si](C)(C)C)C([2H])([2H])C(=O)O. The molecule has 0 unspecified atom stereocenters. The Morgan fingerprint density at radius 2 is 2.00 bits per heavy atom. The van der Waals surface area contributed by atoms with Crippen LogP contribution in [0.5, 0.6) is 0 Å². The van der Waals surface area contributed by atoms with Crippen LogP contribution < -0.4 is 0 Å². The van der Waals surface area contributed by atoms with Crippen molar-refractivity contribution in [1.29, 1.82) is 0 Å². The number of carbonyl (C=O) groups is 1. The molecule has 0 heterocycles. The maximum Gasteiger partial charge on any atom is 0.303 e. The van der Waals surface area contributed by atoms with Crippen LogP contribution in [0.1, 0.15) is 31.1 Å². The zero-order valence-electron chi connectivity index (χ0n) is 12.0. The summed E-state index contributed by atoms with van der Waals surface area (Å²) in [6, 6.07) is 0.877. The highest BCUT2D eigenvalue weighted by molar-refractivity contribution is 6.76. The highest BCUT2D eigenvalue weighted by atomic mass is 28.3. The van der Waals surface area contributed by atoms with Crippen molar-refractivity contribution in [3.63, 3.8) is 0 Å². The third-order valence-electron chi connectivity index (χ3n) is 1.42. The van der Waals surface area contributed by atoms with E-state index in [0.29, 0.717) is 6.42 Å². The van der Waals surface area contributed by atoms with Gasteiger partial charge in [-0.15, -0.1) is 0 Å². The second kappa shape index (κ2) is 5.35. The monoisotopic (exact) mass is 192 g/mol. The average Bonchev–Trinajstić information content (AvgIpc) is 2.00. The molecule has 0 aromatic carbocycles. The number of hydrogen-bond donors (Lipinski definition) is 1. The molecule has 0 aromatic rings. The van der Waals surface area contributed by atoms with Crippen molar-refractivity contribution >= 4 is 14.0 Å². The minimum absolute atomic E-state index is 0.0451. The second-order valence-corrected chi connectivity index (χ2v) is 9.64. The number of hydrogen-bond acceptors (Lipinski definition) is 1. The maximum atomic E-state index is 10.6. The fourth-order valence-electron chi connectivity index (χ4n) is 0.845. The number of rotatable bonds is 6. The summed E-state index contributed by atoms with van der Waals surface area (Å²) in [6.45, 7) is 6.44. The van der Waals surface area contributed by atoms with Crippen LogP contribution >= 0.6 is 0 Å². The van der Waals surface area contributed by atoms with Gasteiger partial charge in [0.1, 0.15) is 0 Å². The molecule has 0 spiro atoms. The highest BCUT2D eigenvalue weighted by Crippen LogP contribution is 2.14. The zero-order chi connectivity index (χ0) is 13.2. The van der Waals surface area contributed by atoms with Gasteiger partial charge < -0.3 is 5.11 Å². The van der Waals surface area contributed by atoms with E-state index in [9.17, 15) is 4.79 Å². The molecule has 0 aliphatic heterocycles. The van der Waals surface area contributed by atoms with Gasteiger partial charge in [0, 0.05) is 19.9 Å². The van der Waals surface area contributed by atoms with E-state index in [1.54, 1.807) is 0 Å². The Morgan fingerprint density at radius 3 is 2.42 bits per heavy atom. The summed E-state index contributed by atoms with van der Waals surface area (Å²) >= 11 is 0. The minimum Gasteiger partial charge on any atom is -0.481 e. The molecule has 1 N–H and O–H groups in total. The van der Waals surface area contributed by atoms with Crippen molar-refractivity contribution in [3.8, 4) is 0 Å². The van der Waals surface area contributed by atoms with E-state index < -0.39 is 26.8 Å². The molecule has 72 valence electrons. The van der Waals surface area contributed by atoms with Crippen LogP contribution in [0.4, 0.5) is 0 Å². The van der Waals surface area contributed by atoms with Crippen molar-refractivity contribution in [3.05, 3.63) is 0 Å². The smallest absolute Gasteiger partial charge is 0.303 e. The lowest BCUT2D eigenvalue weighted by Gasteiger charge is -2.14. The molecule has 0 bridgehead atoms. The molecule has 0 radical (unpaired) electrons. The van der Waals surface area contributed by atoms with Gasteiger partial charge in [-0.3, -0.25) is 4.79 Å². The van der Waals surface area contributed by atoms with Crippen LogP contribution in [0.15, 0.2) is 0 Å². The van der Waals surface area contributed by atoms with Crippen LogP contribution in [-0.2, 0) is 4.79 Å². The van der Waals surface area contributed by atoms with Crippen molar-refractivity contribution in [1.82, 2.24) is 0 Å². The molecule has 0 amide bonds. The lowest BCUT2D eigenvalue weighted by atomic mass is 10.2. The largest absolute Gasteiger partial charge is 0.481 e. The normalized spacial score (nSPS) is 18.9. The molecule has 0 saturated heterocycles. The van der Waals surface area contributed by atoms with Crippen molar-refractivity contribution < 1.29 is 15.4 Å². The second-order valence-electron chi connectivity index (χ2n) is 4.02. The van der Waals surface area contributed by atoms with Gasteiger partial charge in [-0.25, -0.2) is 0 Å². The van der Waals surface area contributed by atoms with Crippen LogP contribution in [0.2, 0.25) is 25.7 Å². The molecule has 0 fully saturated rings. The number of carboxylic acids is 1. The third-order valence-corrected chi connectivity index (χ3v) is 3.28. The first-order valence-electron chi connectivity index (χ1n) is 6.13. The van der Waals surface area contributed by atoms with Crippen molar-refractivity contribution in [2.45, 2.75) is 51.3 Å². The molecule has 12 heavy (non-hydrogen) atoms. The Hall–Kier alpha value is -0.313. The van der Waals surface area contributed by atoms with E-state index in [4.69, 9.17) is 10.6 Å². The Morgan fingerprint density at radius 1 is 1.42 bits per heavy atom. The van der Waals surface area contributed by atoms with E-state index in [1.807, 2.05) is 0 Å². The summed E-state index contributed by atoms with van der Waals surface area (Å²) in [7, 11) is -1.28. The van der Waals surface area contributed by atoms with Gasteiger partial charge >= 0.3 is 5.97 Å². The third kappa shape index (κ3) is 9.69. The lowest BCUT2D eigenvalue weighted by molar-refractivity contribution is -0.137. The van der Waals surface area contributed by atoms with E-state index in [2.05, 4.69) is 19.6 Å². The number of carboxylic acid groups (broad SMARTS) is 1. The molecule has 0 aliphatic carbocycles. The lowest BCUT2D eigenvalue weighted by Crippen LogP contribution is -2.18. The van der Waals surface area contributed by atoms with Crippen LogP contribution in [0.25, 0.3) is 0 Å². The molecular formula is C9H20O2Si. The van der Waals surface area contributed by atoms with Gasteiger partial charge in [0.2, 0.25) is 0 Å². The van der Waals surface area contributed by atoms with E-state index in [0.717, 1.165) is 6.04 Å². The molecule has 0 aliphatic rings. The molecule has 3 heteroatoms. The van der Waals surface area contributed by atoms with Crippen molar-refractivity contribution in [2.24, 2.45) is 0 Å². The summed E-state index contributed by atoms with van der Waals surface area (Å²) in [4.78, 5) is 10.6. The standard InChI is InChI=1S/C9H20O2Si/c1-12(2,3)8-6-4-5-7-9(10)11/h4-8H2,1-3H3,(H,10,11)/i5D2,7D2. The highest BCUT2D eigenvalue weighted by Gasteiger charge is 2.11. The van der Waals surface area contributed by atoms with Crippen LogP contribution in [-0.4, -0.2) is 19.1 Å². The molecule has 0 rings (SSSR count). The Balaban J connectivity index is 4.42.